The quantitative estimate of drug-likeness (QED) is 0.754. The van der Waals surface area contributed by atoms with Crippen LogP contribution in [0.15, 0.2) is 22.7 Å². The van der Waals surface area contributed by atoms with Crippen molar-refractivity contribution in [1.82, 2.24) is 0 Å². The molecule has 4 heteroatoms. The van der Waals surface area contributed by atoms with Crippen LogP contribution >= 0.6 is 39.1 Å². The second-order valence-corrected chi connectivity index (χ2v) is 5.94. The van der Waals surface area contributed by atoms with E-state index in [1.165, 1.54) is 0 Å². The predicted molar refractivity (Wildman–Crippen MR) is 71.4 cm³/mol. The molecule has 88 valence electrons. The van der Waals surface area contributed by atoms with Crippen LogP contribution in [0.2, 0.25) is 5.02 Å². The lowest BCUT2D eigenvalue weighted by Gasteiger charge is -2.25. The van der Waals surface area contributed by atoms with Crippen LogP contribution in [0, 0.1) is 5.41 Å². The highest BCUT2D eigenvalue weighted by atomic mass is 79.9. The number of ether oxygens (including phenoxy) is 1. The van der Waals surface area contributed by atoms with Crippen molar-refractivity contribution in [2.24, 2.45) is 5.41 Å². The molecular weight excluding hydrogens is 311 g/mol. The lowest BCUT2D eigenvalue weighted by molar-refractivity contribution is 0.161. The van der Waals surface area contributed by atoms with Crippen molar-refractivity contribution in [2.45, 2.75) is 12.8 Å². The molecule has 1 aliphatic heterocycles. The van der Waals surface area contributed by atoms with Crippen molar-refractivity contribution in [3.05, 3.63) is 33.3 Å². The molecule has 0 spiro atoms. The first-order valence-electron chi connectivity index (χ1n) is 5.23. The van der Waals surface area contributed by atoms with Gasteiger partial charge in [0, 0.05) is 27.4 Å². The van der Waals surface area contributed by atoms with Crippen LogP contribution in [-0.2, 0) is 11.2 Å². The summed E-state index contributed by atoms with van der Waals surface area (Å²) in [6.07, 6.45) is 1.91. The van der Waals surface area contributed by atoms with Crippen LogP contribution in [0.3, 0.4) is 0 Å². The Morgan fingerprint density at radius 2 is 2.25 bits per heavy atom. The van der Waals surface area contributed by atoms with E-state index in [0.29, 0.717) is 5.88 Å². The van der Waals surface area contributed by atoms with Gasteiger partial charge < -0.3 is 4.74 Å². The Morgan fingerprint density at radius 1 is 1.44 bits per heavy atom. The fraction of sp³-hybridized carbons (Fsp3) is 0.500. The highest BCUT2D eigenvalue weighted by molar-refractivity contribution is 9.10. The van der Waals surface area contributed by atoms with Crippen molar-refractivity contribution in [3.8, 4) is 0 Å². The molecule has 1 aromatic carbocycles. The zero-order chi connectivity index (χ0) is 11.6. The third kappa shape index (κ3) is 2.73. The summed E-state index contributed by atoms with van der Waals surface area (Å²) in [6, 6.07) is 5.99. The van der Waals surface area contributed by atoms with Gasteiger partial charge in [0.05, 0.1) is 6.61 Å². The van der Waals surface area contributed by atoms with Gasteiger partial charge in [-0.25, -0.2) is 0 Å². The Bertz CT molecular complexity index is 375. The van der Waals surface area contributed by atoms with Gasteiger partial charge in [-0.2, -0.15) is 0 Å². The summed E-state index contributed by atoms with van der Waals surface area (Å²) in [5, 5.41) is 0.797. The smallest absolute Gasteiger partial charge is 0.0537 e. The topological polar surface area (TPSA) is 9.23 Å². The van der Waals surface area contributed by atoms with Gasteiger partial charge in [-0.1, -0.05) is 33.6 Å². The van der Waals surface area contributed by atoms with Crippen molar-refractivity contribution >= 4 is 39.1 Å². The van der Waals surface area contributed by atoms with Gasteiger partial charge >= 0.3 is 0 Å². The highest BCUT2D eigenvalue weighted by Crippen LogP contribution is 2.36. The van der Waals surface area contributed by atoms with E-state index in [-0.39, 0.29) is 5.41 Å². The van der Waals surface area contributed by atoms with E-state index in [4.69, 9.17) is 27.9 Å². The molecule has 0 aromatic heterocycles. The van der Waals surface area contributed by atoms with Gasteiger partial charge in [0.1, 0.15) is 0 Å². The molecule has 0 bridgehead atoms. The minimum absolute atomic E-state index is 0.0685. The zero-order valence-electron chi connectivity index (χ0n) is 8.81. The monoisotopic (exact) mass is 322 g/mol. The fourth-order valence-corrected chi connectivity index (χ4v) is 3.06. The molecule has 0 radical (unpaired) electrons. The fourth-order valence-electron chi connectivity index (χ4n) is 2.01. The molecule has 16 heavy (non-hydrogen) atoms. The third-order valence-electron chi connectivity index (χ3n) is 3.05. The minimum Gasteiger partial charge on any atom is -0.381 e. The molecule has 1 aromatic rings. The van der Waals surface area contributed by atoms with Gasteiger partial charge in [0.2, 0.25) is 0 Å². The van der Waals surface area contributed by atoms with E-state index < -0.39 is 0 Å². The molecule has 1 nitrogen and oxygen atoms in total. The first-order chi connectivity index (χ1) is 7.65. The zero-order valence-corrected chi connectivity index (χ0v) is 11.9. The van der Waals surface area contributed by atoms with E-state index in [2.05, 4.69) is 22.0 Å². The molecule has 1 unspecified atom stereocenters. The maximum absolute atomic E-state index is 6.21. The predicted octanol–water partition coefficient (Wildman–Crippen LogP) is 4.29. The lowest BCUT2D eigenvalue weighted by atomic mass is 9.83. The van der Waals surface area contributed by atoms with Gasteiger partial charge in [-0.05, 0) is 30.5 Å². The normalized spacial score (nSPS) is 24.9. The summed E-state index contributed by atoms with van der Waals surface area (Å²) in [5.41, 5.74) is 1.22. The molecular formula is C12H13BrCl2O. The average Bonchev–Trinajstić information content (AvgIpc) is 2.72. The largest absolute Gasteiger partial charge is 0.381 e. The number of halogens is 3. The molecule has 1 atom stereocenters. The maximum atomic E-state index is 6.21. The Kier molecular flexibility index (Phi) is 4.17. The Morgan fingerprint density at radius 3 is 2.81 bits per heavy atom. The van der Waals surface area contributed by atoms with Gasteiger partial charge in [-0.15, -0.1) is 11.6 Å². The van der Waals surface area contributed by atoms with E-state index in [0.717, 1.165) is 41.1 Å². The first kappa shape index (κ1) is 12.7. The maximum Gasteiger partial charge on any atom is 0.0537 e. The molecule has 1 fully saturated rings. The number of benzene rings is 1. The Labute approximate surface area is 114 Å². The lowest BCUT2D eigenvalue weighted by Crippen LogP contribution is -2.26. The first-order valence-corrected chi connectivity index (χ1v) is 6.93. The summed E-state index contributed by atoms with van der Waals surface area (Å²) in [7, 11) is 0. The number of hydrogen-bond donors (Lipinski definition) is 0. The summed E-state index contributed by atoms with van der Waals surface area (Å²) in [5.74, 6) is 0.624. The number of rotatable bonds is 3. The summed E-state index contributed by atoms with van der Waals surface area (Å²) in [4.78, 5) is 0. The third-order valence-corrected chi connectivity index (χ3v) is 4.46. The van der Waals surface area contributed by atoms with E-state index >= 15 is 0 Å². The molecule has 1 heterocycles. The second kappa shape index (κ2) is 5.26. The average molecular weight is 324 g/mol. The van der Waals surface area contributed by atoms with Gasteiger partial charge in [0.15, 0.2) is 0 Å². The van der Waals surface area contributed by atoms with Crippen molar-refractivity contribution in [3.63, 3.8) is 0 Å². The van der Waals surface area contributed by atoms with Gasteiger partial charge in [-0.3, -0.25) is 0 Å². The standard InChI is InChI=1S/C12H13BrCl2O/c13-10-2-1-9(11(15)5-10)6-12(7-14)3-4-16-8-12/h1-2,5H,3-4,6-8H2. The summed E-state index contributed by atoms with van der Waals surface area (Å²) in [6.45, 7) is 1.55. The Hall–Kier alpha value is 0.240. The minimum atomic E-state index is 0.0685. The van der Waals surface area contributed by atoms with E-state index in [1.807, 2.05) is 12.1 Å². The Balaban J connectivity index is 2.19. The summed E-state index contributed by atoms with van der Waals surface area (Å²) < 4.78 is 6.45. The molecule has 0 aliphatic carbocycles. The highest BCUT2D eigenvalue weighted by Gasteiger charge is 2.34. The van der Waals surface area contributed by atoms with Gasteiger partial charge in [0.25, 0.3) is 0 Å². The molecule has 0 N–H and O–H groups in total. The van der Waals surface area contributed by atoms with Crippen LogP contribution in [0.4, 0.5) is 0 Å². The molecule has 2 rings (SSSR count). The molecule has 1 saturated heterocycles. The number of hydrogen-bond acceptors (Lipinski definition) is 1. The van der Waals surface area contributed by atoms with Crippen LogP contribution in [0.1, 0.15) is 12.0 Å². The molecule has 0 saturated carbocycles. The van der Waals surface area contributed by atoms with Crippen LogP contribution in [0.5, 0.6) is 0 Å². The van der Waals surface area contributed by atoms with Crippen LogP contribution < -0.4 is 0 Å². The van der Waals surface area contributed by atoms with Crippen LogP contribution in [0.25, 0.3) is 0 Å². The van der Waals surface area contributed by atoms with Crippen molar-refractivity contribution in [2.75, 3.05) is 19.1 Å². The SMILES string of the molecule is ClCC1(Cc2ccc(Br)cc2Cl)CCOC1. The van der Waals surface area contributed by atoms with Crippen molar-refractivity contribution < 1.29 is 4.74 Å². The number of alkyl halides is 1. The second-order valence-electron chi connectivity index (χ2n) is 4.35. The van der Waals surface area contributed by atoms with Crippen molar-refractivity contribution in [1.29, 1.82) is 0 Å². The molecule has 1 aliphatic rings. The van der Waals surface area contributed by atoms with E-state index in [1.54, 1.807) is 0 Å². The van der Waals surface area contributed by atoms with E-state index in [9.17, 15) is 0 Å². The van der Waals surface area contributed by atoms with Crippen LogP contribution in [-0.4, -0.2) is 19.1 Å². The summed E-state index contributed by atoms with van der Waals surface area (Å²) >= 11 is 15.7. The molecule has 0 amide bonds.